The van der Waals surface area contributed by atoms with Gasteiger partial charge in [0.15, 0.2) is 10.7 Å². The third kappa shape index (κ3) is 3.49. The van der Waals surface area contributed by atoms with Crippen LogP contribution in [0.25, 0.3) is 0 Å². The van der Waals surface area contributed by atoms with Gasteiger partial charge >= 0.3 is 5.97 Å². The van der Waals surface area contributed by atoms with Crippen molar-refractivity contribution in [3.05, 3.63) is 0 Å². The van der Waals surface area contributed by atoms with Crippen molar-refractivity contribution >= 4 is 22.8 Å². The summed E-state index contributed by atoms with van der Waals surface area (Å²) in [4.78, 5) is 23.3. The van der Waals surface area contributed by atoms with E-state index in [1.807, 2.05) is 6.92 Å². The van der Waals surface area contributed by atoms with Gasteiger partial charge in [0, 0.05) is 0 Å². The second-order valence-corrected chi connectivity index (χ2v) is 5.38. The third-order valence-corrected chi connectivity index (χ3v) is 3.24. The van der Waals surface area contributed by atoms with Gasteiger partial charge in [-0.15, -0.1) is 0 Å². The van der Waals surface area contributed by atoms with Gasteiger partial charge in [0.05, 0.1) is 13.0 Å². The number of hydrogen-bond donors (Lipinski definition) is 1. The molecule has 94 valence electrons. The maximum Gasteiger partial charge on any atom is 0.338 e. The number of thioether (sulfide) groups is 1. The van der Waals surface area contributed by atoms with E-state index in [1.54, 1.807) is 13.8 Å². The van der Waals surface area contributed by atoms with Crippen LogP contribution < -0.4 is 0 Å². The van der Waals surface area contributed by atoms with Crippen LogP contribution in [0.5, 0.6) is 0 Å². The van der Waals surface area contributed by atoms with Crippen LogP contribution in [0, 0.1) is 11.8 Å². The Bertz CT molecular complexity index is 261. The third-order valence-electron chi connectivity index (χ3n) is 2.41. The molecule has 2 atom stereocenters. The first-order valence-electron chi connectivity index (χ1n) is 5.26. The Labute approximate surface area is 101 Å². The molecule has 0 heterocycles. The zero-order valence-corrected chi connectivity index (χ0v) is 11.3. The molecular formula is C11H20O4S. The average molecular weight is 248 g/mol. The number of carbonyl (C=O) groups is 2. The van der Waals surface area contributed by atoms with Gasteiger partial charge in [0.25, 0.3) is 0 Å². The highest BCUT2D eigenvalue weighted by atomic mass is 32.2. The Balaban J connectivity index is 5.04. The topological polar surface area (TPSA) is 63.6 Å². The lowest BCUT2D eigenvalue weighted by Gasteiger charge is -2.31. The van der Waals surface area contributed by atoms with E-state index < -0.39 is 17.5 Å². The van der Waals surface area contributed by atoms with Crippen molar-refractivity contribution < 1.29 is 19.4 Å². The monoisotopic (exact) mass is 248 g/mol. The molecule has 0 spiro atoms. The van der Waals surface area contributed by atoms with Crippen molar-refractivity contribution in [3.63, 3.8) is 0 Å². The maximum absolute atomic E-state index is 11.8. The molecule has 0 aliphatic carbocycles. The lowest BCUT2D eigenvalue weighted by Crippen LogP contribution is -2.49. The Hall–Kier alpha value is -0.550. The predicted molar refractivity (Wildman–Crippen MR) is 64.1 cm³/mol. The summed E-state index contributed by atoms with van der Waals surface area (Å²) in [6.45, 7) is 6.79. The van der Waals surface area contributed by atoms with E-state index >= 15 is 0 Å². The molecule has 0 saturated heterocycles. The minimum absolute atomic E-state index is 0.124. The van der Waals surface area contributed by atoms with Gasteiger partial charge in [0.1, 0.15) is 0 Å². The van der Waals surface area contributed by atoms with Gasteiger partial charge in [-0.1, -0.05) is 32.5 Å². The first-order chi connectivity index (χ1) is 7.28. The van der Waals surface area contributed by atoms with Crippen LogP contribution in [0.1, 0.15) is 27.7 Å². The van der Waals surface area contributed by atoms with E-state index in [2.05, 4.69) is 4.74 Å². The van der Waals surface area contributed by atoms with Crippen molar-refractivity contribution in [2.45, 2.75) is 33.3 Å². The van der Waals surface area contributed by atoms with E-state index in [0.717, 1.165) is 11.8 Å². The number of carbonyl (C=O) groups excluding carboxylic acids is 2. The zero-order valence-electron chi connectivity index (χ0n) is 10.4. The molecule has 0 unspecified atom stereocenters. The second kappa shape index (κ2) is 6.25. The summed E-state index contributed by atoms with van der Waals surface area (Å²) in [6.07, 6.45) is 0. The van der Waals surface area contributed by atoms with Crippen LogP contribution in [-0.2, 0) is 14.3 Å². The highest BCUT2D eigenvalue weighted by Gasteiger charge is 2.46. The summed E-state index contributed by atoms with van der Waals surface area (Å²) in [5.74, 6) is -1.01. The molecule has 0 aromatic carbocycles. The van der Waals surface area contributed by atoms with E-state index in [9.17, 15) is 14.7 Å². The van der Waals surface area contributed by atoms with Gasteiger partial charge in [0.2, 0.25) is 0 Å². The van der Waals surface area contributed by atoms with Crippen LogP contribution in [-0.4, -0.2) is 34.7 Å². The molecule has 5 heteroatoms. The number of esters is 1. The second-order valence-electron chi connectivity index (χ2n) is 4.11. The van der Waals surface area contributed by atoms with Crippen molar-refractivity contribution in [2.75, 3.05) is 12.9 Å². The van der Waals surface area contributed by atoms with Crippen molar-refractivity contribution in [1.29, 1.82) is 0 Å². The minimum Gasteiger partial charge on any atom is -0.467 e. The fourth-order valence-electron chi connectivity index (χ4n) is 1.72. The molecule has 0 saturated carbocycles. The molecule has 0 fully saturated rings. The Morgan fingerprint density at radius 1 is 1.44 bits per heavy atom. The summed E-state index contributed by atoms with van der Waals surface area (Å²) >= 11 is 1.12. The molecule has 0 aromatic rings. The highest BCUT2D eigenvalue weighted by Crippen LogP contribution is 2.30. The lowest BCUT2D eigenvalue weighted by atomic mass is 9.81. The molecule has 16 heavy (non-hydrogen) atoms. The fourth-order valence-corrected chi connectivity index (χ4v) is 2.68. The number of ether oxygens (including phenoxy) is 1. The normalized spacial score (nSPS) is 16.7. The Morgan fingerprint density at radius 2 is 1.94 bits per heavy atom. The summed E-state index contributed by atoms with van der Waals surface area (Å²) in [7, 11) is 1.20. The van der Waals surface area contributed by atoms with Gasteiger partial charge in [-0.05, 0) is 18.6 Å². The molecule has 1 N–H and O–H groups in total. The van der Waals surface area contributed by atoms with E-state index in [0.29, 0.717) is 5.75 Å². The molecule has 0 radical (unpaired) electrons. The highest BCUT2D eigenvalue weighted by molar-refractivity contribution is 8.13. The van der Waals surface area contributed by atoms with Crippen molar-refractivity contribution in [1.82, 2.24) is 0 Å². The van der Waals surface area contributed by atoms with Crippen molar-refractivity contribution in [2.24, 2.45) is 11.8 Å². The molecule has 0 aliphatic heterocycles. The van der Waals surface area contributed by atoms with Crippen LogP contribution in [0.15, 0.2) is 0 Å². The van der Waals surface area contributed by atoms with E-state index in [1.165, 1.54) is 14.0 Å². The molecule has 0 rings (SSSR count). The fraction of sp³-hybridized carbons (Fsp3) is 0.818. The Kier molecular flexibility index (Phi) is 6.04. The molecule has 0 amide bonds. The van der Waals surface area contributed by atoms with Crippen LogP contribution >= 0.6 is 11.8 Å². The molecular weight excluding hydrogens is 228 g/mol. The largest absolute Gasteiger partial charge is 0.467 e. The van der Waals surface area contributed by atoms with Crippen LogP contribution in [0.4, 0.5) is 0 Å². The number of hydrogen-bond acceptors (Lipinski definition) is 5. The van der Waals surface area contributed by atoms with Crippen LogP contribution in [0.2, 0.25) is 0 Å². The van der Waals surface area contributed by atoms with Gasteiger partial charge in [-0.2, -0.15) is 0 Å². The number of aliphatic hydroxyl groups is 1. The summed E-state index contributed by atoms with van der Waals surface area (Å²) in [6, 6.07) is 0. The zero-order chi connectivity index (χ0) is 12.9. The van der Waals surface area contributed by atoms with Gasteiger partial charge in [-0.3, -0.25) is 4.79 Å². The summed E-state index contributed by atoms with van der Waals surface area (Å²) in [5, 5.41) is 9.93. The summed E-state index contributed by atoms with van der Waals surface area (Å²) in [5.41, 5.74) is -1.76. The molecule has 0 aromatic heterocycles. The van der Waals surface area contributed by atoms with Crippen molar-refractivity contribution in [3.8, 4) is 0 Å². The van der Waals surface area contributed by atoms with Gasteiger partial charge < -0.3 is 9.84 Å². The number of methoxy groups -OCH3 is 1. The quantitative estimate of drug-likeness (QED) is 0.746. The SMILES string of the molecule is CCSC(=O)[C@H](C(C)C)[C@](C)(O)C(=O)OC. The first-order valence-corrected chi connectivity index (χ1v) is 6.25. The molecule has 4 nitrogen and oxygen atoms in total. The van der Waals surface area contributed by atoms with Gasteiger partial charge in [-0.25, -0.2) is 4.79 Å². The molecule has 0 aliphatic rings. The molecule has 0 bridgehead atoms. The minimum atomic E-state index is -1.76. The first kappa shape index (κ1) is 15.4. The van der Waals surface area contributed by atoms with E-state index in [-0.39, 0.29) is 11.0 Å². The maximum atomic E-state index is 11.8. The standard InChI is InChI=1S/C11H20O4S/c1-6-16-9(12)8(7(2)3)11(4,14)10(13)15-5/h7-8,14H,6H2,1-5H3/t8-,11-/m0/s1. The average Bonchev–Trinajstić information content (AvgIpc) is 2.15. The predicted octanol–water partition coefficient (Wildman–Crippen LogP) is 1.46. The lowest BCUT2D eigenvalue weighted by molar-refractivity contribution is -0.169. The number of rotatable bonds is 5. The smallest absolute Gasteiger partial charge is 0.338 e. The van der Waals surface area contributed by atoms with Crippen LogP contribution in [0.3, 0.4) is 0 Å². The van der Waals surface area contributed by atoms with E-state index in [4.69, 9.17) is 0 Å². The Morgan fingerprint density at radius 3 is 2.25 bits per heavy atom. The summed E-state index contributed by atoms with van der Waals surface area (Å²) < 4.78 is 4.52.